The maximum atomic E-state index is 7.93. The fraction of sp³-hybridized carbons (Fsp3) is 0.421. The topological polar surface area (TPSA) is 19.6 Å². The van der Waals surface area contributed by atoms with Gasteiger partial charge in [0.05, 0.1) is 22.7 Å². The summed E-state index contributed by atoms with van der Waals surface area (Å²) in [5, 5.41) is 1.24. The molecule has 2 aliphatic heterocycles. The highest BCUT2D eigenvalue weighted by Gasteiger charge is 2.52. The van der Waals surface area contributed by atoms with Crippen LogP contribution in [0.3, 0.4) is 0 Å². The zero-order chi connectivity index (χ0) is 56.2. The Balaban J connectivity index is 1.17. The van der Waals surface area contributed by atoms with E-state index in [1.165, 1.54) is 143 Å². The first-order valence-electron chi connectivity index (χ1n) is 30.6. The average molecular weight is 1050 g/mol. The Bertz CT molecular complexity index is 3900. The highest BCUT2D eigenvalue weighted by molar-refractivity contribution is 7.00. The fourth-order valence-corrected chi connectivity index (χ4v) is 16.1. The maximum absolute atomic E-state index is 7.93. The molecule has 8 aromatic rings. The van der Waals surface area contributed by atoms with Gasteiger partial charge in [0.2, 0.25) is 0 Å². The zero-order valence-corrected chi connectivity index (χ0v) is 51.2. The first kappa shape index (κ1) is 51.9. The minimum Gasteiger partial charge on any atom is -0.468 e. The van der Waals surface area contributed by atoms with Crippen LogP contribution in [0.1, 0.15) is 207 Å². The molecule has 1 fully saturated rings. The van der Waals surface area contributed by atoms with Crippen LogP contribution in [0.5, 0.6) is 0 Å². The lowest BCUT2D eigenvalue weighted by molar-refractivity contribution is 0.188. The van der Waals surface area contributed by atoms with Crippen molar-refractivity contribution < 1.29 is 4.42 Å². The molecule has 0 unspecified atom stereocenters. The highest BCUT2D eigenvalue weighted by Crippen LogP contribution is 2.60. The normalized spacial score (nSPS) is 22.5. The molecule has 1 aromatic heterocycles. The predicted octanol–water partition coefficient (Wildman–Crippen LogP) is 19.2. The van der Waals surface area contributed by atoms with Gasteiger partial charge in [-0.15, -0.1) is 0 Å². The van der Waals surface area contributed by atoms with Crippen LogP contribution < -0.4 is 26.4 Å². The summed E-state index contributed by atoms with van der Waals surface area (Å²) >= 11 is 0. The second-order valence-electron chi connectivity index (χ2n) is 31.2. The molecule has 2 bridgehead atoms. The number of hydrogen-bond acceptors (Lipinski definition) is 3. The second kappa shape index (κ2) is 16.7. The van der Waals surface area contributed by atoms with Crippen LogP contribution in [-0.4, -0.2) is 6.71 Å². The van der Waals surface area contributed by atoms with E-state index >= 15 is 0 Å². The first-order valence-corrected chi connectivity index (χ1v) is 30.6. The summed E-state index contributed by atoms with van der Waals surface area (Å²) in [5.41, 5.74) is 28.7. The van der Waals surface area contributed by atoms with Crippen LogP contribution in [0, 0.1) is 0 Å². The highest BCUT2D eigenvalue weighted by atomic mass is 16.3. The van der Waals surface area contributed by atoms with E-state index in [9.17, 15) is 0 Å². The molecule has 0 N–H and O–H groups in total. The molecule has 80 heavy (non-hydrogen) atoms. The van der Waals surface area contributed by atoms with E-state index in [2.05, 4.69) is 248 Å². The minimum atomic E-state index is -0.193. The monoisotopic (exact) mass is 1050 g/mol. The molecule has 0 spiro atoms. The predicted molar refractivity (Wildman–Crippen MR) is 342 cm³/mol. The summed E-state index contributed by atoms with van der Waals surface area (Å²) < 4.78 is 7.93. The van der Waals surface area contributed by atoms with Gasteiger partial charge in [0.15, 0.2) is 0 Å². The number of anilines is 6. The van der Waals surface area contributed by atoms with E-state index in [1.54, 1.807) is 0 Å². The lowest BCUT2D eigenvalue weighted by Gasteiger charge is -2.52. The molecule has 7 aliphatic rings. The number of nitrogens with zero attached hydrogens (tertiary/aromatic N) is 2. The van der Waals surface area contributed by atoms with Crippen LogP contribution in [-0.2, 0) is 43.3 Å². The van der Waals surface area contributed by atoms with Gasteiger partial charge in [0.1, 0.15) is 5.58 Å². The van der Waals surface area contributed by atoms with E-state index in [4.69, 9.17) is 4.42 Å². The van der Waals surface area contributed by atoms with Crippen molar-refractivity contribution in [3.05, 3.63) is 172 Å². The van der Waals surface area contributed by atoms with Gasteiger partial charge < -0.3 is 14.2 Å². The lowest BCUT2D eigenvalue weighted by atomic mass is 9.35. The Hall–Kier alpha value is -6.26. The Morgan fingerprint density at radius 3 is 1.30 bits per heavy atom. The van der Waals surface area contributed by atoms with Crippen LogP contribution in [0.25, 0.3) is 33.2 Å². The molecule has 5 aliphatic carbocycles. The third-order valence-electron chi connectivity index (χ3n) is 21.9. The molecular weight excluding hydrogens is 968 g/mol. The molecule has 0 radical (unpaired) electrons. The van der Waals surface area contributed by atoms with Crippen molar-refractivity contribution in [2.45, 2.75) is 205 Å². The summed E-state index contributed by atoms with van der Waals surface area (Å²) in [5.74, 6) is 0. The Morgan fingerprint density at radius 2 is 0.825 bits per heavy atom. The van der Waals surface area contributed by atoms with Crippen LogP contribution in [0.2, 0.25) is 0 Å². The molecule has 3 nitrogen and oxygen atoms in total. The van der Waals surface area contributed by atoms with Crippen molar-refractivity contribution in [3.8, 4) is 22.3 Å². The van der Waals surface area contributed by atoms with E-state index in [0.29, 0.717) is 0 Å². The number of fused-ring (bicyclic) bond motifs is 10. The van der Waals surface area contributed by atoms with Crippen molar-refractivity contribution in [2.75, 3.05) is 9.80 Å². The molecule has 15 rings (SSSR count). The molecular formula is C76H85BN2O. The van der Waals surface area contributed by atoms with E-state index < -0.39 is 0 Å². The van der Waals surface area contributed by atoms with Gasteiger partial charge in [-0.2, -0.15) is 0 Å². The Kier molecular flexibility index (Phi) is 10.8. The van der Waals surface area contributed by atoms with Gasteiger partial charge in [-0.25, -0.2) is 0 Å². The number of furan rings is 1. The molecule has 0 amide bonds. The fourth-order valence-electron chi connectivity index (χ4n) is 16.1. The summed E-state index contributed by atoms with van der Waals surface area (Å²) in [6.45, 7) is 39.2. The van der Waals surface area contributed by atoms with Crippen molar-refractivity contribution in [3.63, 3.8) is 0 Å². The van der Waals surface area contributed by atoms with Crippen molar-refractivity contribution in [1.29, 1.82) is 0 Å². The lowest BCUT2D eigenvalue weighted by Crippen LogP contribution is -2.61. The molecule has 408 valence electrons. The zero-order valence-electron chi connectivity index (χ0n) is 51.2. The quantitative estimate of drug-likeness (QED) is 0.164. The van der Waals surface area contributed by atoms with Gasteiger partial charge in [-0.1, -0.05) is 184 Å². The van der Waals surface area contributed by atoms with Crippen molar-refractivity contribution >= 4 is 68.4 Å². The molecule has 1 saturated carbocycles. The van der Waals surface area contributed by atoms with Crippen LogP contribution >= 0.6 is 0 Å². The van der Waals surface area contributed by atoms with E-state index in [-0.39, 0.29) is 50.0 Å². The smallest absolute Gasteiger partial charge is 0.297 e. The van der Waals surface area contributed by atoms with Gasteiger partial charge in [0.25, 0.3) is 6.71 Å². The van der Waals surface area contributed by atoms with Crippen LogP contribution in [0.4, 0.5) is 34.1 Å². The first-order chi connectivity index (χ1) is 37.6. The molecule has 3 heterocycles. The second-order valence-corrected chi connectivity index (χ2v) is 31.2. The van der Waals surface area contributed by atoms with Gasteiger partial charge >= 0.3 is 0 Å². The summed E-state index contributed by atoms with van der Waals surface area (Å²) in [6, 6.07) is 51.1. The van der Waals surface area contributed by atoms with Crippen LogP contribution in [0.15, 0.2) is 132 Å². The SMILES string of the molecule is CC(C)(C)c1ccc2c(c1)N(c1cc3c(cc1-c1ccccc1)C(C)(C)CCC3(C)C)c1cc(C(C)(C)C)cc3c1B2c1oc2cc4c(cc2c1N3c1cc2c(cc1-c1ccccc1)C(C)(C)CCC2(C)C)C1(C)CCC4(C)CC1. The number of benzene rings is 7. The third-order valence-corrected chi connectivity index (χ3v) is 21.9. The molecule has 0 saturated heterocycles. The van der Waals surface area contributed by atoms with E-state index in [0.717, 1.165) is 36.9 Å². The molecule has 7 aromatic carbocycles. The van der Waals surface area contributed by atoms with E-state index in [1.807, 2.05) is 0 Å². The number of rotatable bonds is 4. The maximum Gasteiger partial charge on any atom is 0.297 e. The third kappa shape index (κ3) is 7.50. The van der Waals surface area contributed by atoms with Crippen molar-refractivity contribution in [2.24, 2.45) is 0 Å². The summed E-state index contributed by atoms with van der Waals surface area (Å²) in [7, 11) is 0. The number of hydrogen-bond donors (Lipinski definition) is 0. The molecule has 4 heteroatoms. The van der Waals surface area contributed by atoms with Gasteiger partial charge in [-0.3, -0.25) is 0 Å². The van der Waals surface area contributed by atoms with Gasteiger partial charge in [-0.05, 0) is 216 Å². The standard InChI is InChI=1S/C76H85BN2O/c1-69(2,3)48-27-28-59-62(37-48)78(60-43-55-53(71(7,8)29-31-73(55,11)12)40-50(60)46-23-19-17-20-24-46)63-38-49(70(4,5)6)39-64-66(63)77(59)68-67(52-42-57-58(45-65(52)80-68)76(16)35-33-75(57,15)34-36-76)79(64)61-44-56-54(72(9,10)30-32-74(56,13)14)41-51(61)47-25-21-18-22-26-47/h17-28,37-45H,29-36H2,1-16H3. The Morgan fingerprint density at radius 1 is 0.400 bits per heavy atom. The van der Waals surface area contributed by atoms with Crippen molar-refractivity contribution in [1.82, 2.24) is 0 Å². The summed E-state index contributed by atoms with van der Waals surface area (Å²) in [4.78, 5) is 5.50. The minimum absolute atomic E-state index is 0.00863. The summed E-state index contributed by atoms with van der Waals surface area (Å²) in [6.07, 6.45) is 9.50. The average Bonchev–Trinajstić information content (AvgIpc) is 1.76. The Labute approximate surface area is 479 Å². The molecule has 0 atom stereocenters. The largest absolute Gasteiger partial charge is 0.468 e. The van der Waals surface area contributed by atoms with Gasteiger partial charge in [0, 0.05) is 33.6 Å².